The predicted octanol–water partition coefficient (Wildman–Crippen LogP) is 1.07. The molecule has 3 rings (SSSR count). The summed E-state index contributed by atoms with van der Waals surface area (Å²) in [5.41, 5.74) is 1.25. The summed E-state index contributed by atoms with van der Waals surface area (Å²) in [6, 6.07) is 12.0. The van der Waals surface area contributed by atoms with Crippen LogP contribution in [0.3, 0.4) is 0 Å². The molecule has 0 saturated carbocycles. The fraction of sp³-hybridized carbons (Fsp3) is 0.188. The average molecular weight is 359 g/mol. The number of para-hydroxylation sites is 1. The van der Waals surface area contributed by atoms with E-state index in [1.165, 1.54) is 0 Å². The van der Waals surface area contributed by atoms with Crippen molar-refractivity contribution in [3.05, 3.63) is 60.0 Å². The van der Waals surface area contributed by atoms with Gasteiger partial charge in [-0.2, -0.15) is 0 Å². The highest BCUT2D eigenvalue weighted by molar-refractivity contribution is 7.92. The zero-order chi connectivity index (χ0) is 17.9. The lowest BCUT2D eigenvalue weighted by molar-refractivity contribution is 0.0955. The number of hydrogen-bond acceptors (Lipinski definition) is 5. The Morgan fingerprint density at radius 3 is 2.68 bits per heavy atom. The van der Waals surface area contributed by atoms with Gasteiger partial charge in [-0.15, -0.1) is 10.2 Å². The number of anilines is 1. The smallest absolute Gasteiger partial charge is 0.253 e. The quantitative estimate of drug-likeness (QED) is 0.685. The molecular formula is C16H17N5O3S. The molecule has 3 aromatic rings. The number of hydrogen-bond donors (Lipinski definition) is 2. The second-order valence-electron chi connectivity index (χ2n) is 5.47. The molecule has 0 atom stereocenters. The Labute approximate surface area is 144 Å². The molecule has 8 nitrogen and oxygen atoms in total. The highest BCUT2D eigenvalue weighted by Crippen LogP contribution is 2.16. The molecule has 0 aliphatic heterocycles. The zero-order valence-electron chi connectivity index (χ0n) is 13.5. The maximum Gasteiger partial charge on any atom is 0.253 e. The summed E-state index contributed by atoms with van der Waals surface area (Å²) < 4.78 is 27.0. The van der Waals surface area contributed by atoms with E-state index >= 15 is 0 Å². The maximum absolute atomic E-state index is 12.4. The van der Waals surface area contributed by atoms with Crippen LogP contribution in [0.1, 0.15) is 16.2 Å². The SMILES string of the molecule is CS(=O)(=O)Nc1ccccc1C(=O)NCCc1nnc2ccccn12. The van der Waals surface area contributed by atoms with Crippen molar-refractivity contribution in [1.82, 2.24) is 19.9 Å². The van der Waals surface area contributed by atoms with Crippen molar-refractivity contribution < 1.29 is 13.2 Å². The third-order valence-corrected chi connectivity index (χ3v) is 4.08. The molecule has 0 aliphatic carbocycles. The van der Waals surface area contributed by atoms with Gasteiger partial charge in [-0.25, -0.2) is 8.42 Å². The molecule has 25 heavy (non-hydrogen) atoms. The first-order valence-corrected chi connectivity index (χ1v) is 9.47. The number of fused-ring (bicyclic) bond motifs is 1. The van der Waals surface area contributed by atoms with Gasteiger partial charge in [-0.1, -0.05) is 18.2 Å². The van der Waals surface area contributed by atoms with Crippen molar-refractivity contribution in [2.45, 2.75) is 6.42 Å². The normalized spacial score (nSPS) is 11.4. The second kappa shape index (κ2) is 6.89. The van der Waals surface area contributed by atoms with E-state index in [4.69, 9.17) is 0 Å². The first-order valence-electron chi connectivity index (χ1n) is 7.58. The Kier molecular flexibility index (Phi) is 4.66. The van der Waals surface area contributed by atoms with E-state index in [0.29, 0.717) is 13.0 Å². The van der Waals surface area contributed by atoms with Crippen LogP contribution < -0.4 is 10.0 Å². The molecule has 2 aromatic heterocycles. The first kappa shape index (κ1) is 16.9. The molecule has 1 amide bonds. The van der Waals surface area contributed by atoms with Crippen LogP contribution in [-0.2, 0) is 16.4 Å². The van der Waals surface area contributed by atoms with E-state index < -0.39 is 10.0 Å². The second-order valence-corrected chi connectivity index (χ2v) is 7.22. The fourth-order valence-electron chi connectivity index (χ4n) is 2.41. The van der Waals surface area contributed by atoms with Crippen molar-refractivity contribution in [2.75, 3.05) is 17.5 Å². The fourth-order valence-corrected chi connectivity index (χ4v) is 2.99. The lowest BCUT2D eigenvalue weighted by Crippen LogP contribution is -2.27. The Balaban J connectivity index is 1.67. The van der Waals surface area contributed by atoms with Crippen LogP contribution in [0.4, 0.5) is 5.69 Å². The van der Waals surface area contributed by atoms with Gasteiger partial charge in [-0.05, 0) is 24.3 Å². The molecule has 0 radical (unpaired) electrons. The molecule has 2 N–H and O–H groups in total. The molecule has 0 unspecified atom stereocenters. The van der Waals surface area contributed by atoms with E-state index in [1.807, 2.05) is 28.8 Å². The summed E-state index contributed by atoms with van der Waals surface area (Å²) in [5, 5.41) is 10.9. The molecule has 2 heterocycles. The van der Waals surface area contributed by atoms with Crippen molar-refractivity contribution in [3.8, 4) is 0 Å². The Hall–Kier alpha value is -2.94. The third kappa shape index (κ3) is 4.13. The number of benzene rings is 1. The Morgan fingerprint density at radius 1 is 1.12 bits per heavy atom. The van der Waals surface area contributed by atoms with Gasteiger partial charge in [0.2, 0.25) is 10.0 Å². The van der Waals surface area contributed by atoms with Crippen molar-refractivity contribution in [1.29, 1.82) is 0 Å². The van der Waals surface area contributed by atoms with Crippen LogP contribution >= 0.6 is 0 Å². The van der Waals surface area contributed by atoms with Gasteiger partial charge in [0.05, 0.1) is 17.5 Å². The number of aromatic nitrogens is 3. The molecule has 0 spiro atoms. The number of nitrogens with zero attached hydrogens (tertiary/aromatic N) is 3. The van der Waals surface area contributed by atoms with Gasteiger partial charge in [0.15, 0.2) is 5.65 Å². The van der Waals surface area contributed by atoms with Gasteiger partial charge in [-0.3, -0.25) is 13.9 Å². The van der Waals surface area contributed by atoms with Gasteiger partial charge in [0.1, 0.15) is 5.82 Å². The maximum atomic E-state index is 12.4. The Morgan fingerprint density at radius 2 is 1.88 bits per heavy atom. The summed E-state index contributed by atoms with van der Waals surface area (Å²) in [7, 11) is -3.47. The number of carbonyl (C=O) groups excluding carboxylic acids is 1. The van der Waals surface area contributed by atoms with E-state index in [2.05, 4.69) is 20.2 Å². The molecule has 0 aliphatic rings. The molecular weight excluding hydrogens is 342 g/mol. The molecule has 0 saturated heterocycles. The van der Waals surface area contributed by atoms with E-state index in [1.54, 1.807) is 24.3 Å². The molecule has 1 aromatic carbocycles. The number of sulfonamides is 1. The monoisotopic (exact) mass is 359 g/mol. The summed E-state index contributed by atoms with van der Waals surface area (Å²) in [5.74, 6) is 0.374. The van der Waals surface area contributed by atoms with Gasteiger partial charge in [0, 0.05) is 19.2 Å². The number of nitrogens with one attached hydrogen (secondary N) is 2. The molecule has 9 heteroatoms. The molecule has 130 valence electrons. The van der Waals surface area contributed by atoms with Gasteiger partial charge < -0.3 is 5.32 Å². The topological polar surface area (TPSA) is 105 Å². The van der Waals surface area contributed by atoms with E-state index in [0.717, 1.165) is 17.7 Å². The minimum atomic E-state index is -3.47. The van der Waals surface area contributed by atoms with Gasteiger partial charge >= 0.3 is 0 Å². The van der Waals surface area contributed by atoms with E-state index in [9.17, 15) is 13.2 Å². The van der Waals surface area contributed by atoms with E-state index in [-0.39, 0.29) is 17.2 Å². The van der Waals surface area contributed by atoms with Crippen LogP contribution in [0, 0.1) is 0 Å². The zero-order valence-corrected chi connectivity index (χ0v) is 14.3. The Bertz CT molecular complexity index is 1010. The van der Waals surface area contributed by atoms with Crippen LogP contribution in [-0.4, -0.2) is 41.7 Å². The molecule has 0 fully saturated rings. The third-order valence-electron chi connectivity index (χ3n) is 3.49. The van der Waals surface area contributed by atoms with Crippen LogP contribution in [0.5, 0.6) is 0 Å². The van der Waals surface area contributed by atoms with Crippen molar-refractivity contribution in [2.24, 2.45) is 0 Å². The minimum Gasteiger partial charge on any atom is -0.352 e. The summed E-state index contributed by atoms with van der Waals surface area (Å²) in [4.78, 5) is 12.4. The molecule has 0 bridgehead atoms. The van der Waals surface area contributed by atoms with Crippen molar-refractivity contribution in [3.63, 3.8) is 0 Å². The standard InChI is InChI=1S/C16H17N5O3S/c1-25(23,24)20-13-7-3-2-6-12(13)16(22)17-10-9-15-19-18-14-8-4-5-11-21(14)15/h2-8,11,20H,9-10H2,1H3,(H,17,22). The van der Waals surface area contributed by atoms with Crippen LogP contribution in [0.25, 0.3) is 5.65 Å². The lowest BCUT2D eigenvalue weighted by Gasteiger charge is -2.10. The lowest BCUT2D eigenvalue weighted by atomic mass is 10.1. The number of rotatable bonds is 6. The van der Waals surface area contributed by atoms with Crippen LogP contribution in [0.2, 0.25) is 0 Å². The average Bonchev–Trinajstić information content (AvgIpc) is 2.97. The largest absolute Gasteiger partial charge is 0.352 e. The summed E-state index contributed by atoms with van der Waals surface area (Å²) in [6.07, 6.45) is 3.40. The summed E-state index contributed by atoms with van der Waals surface area (Å²) in [6.45, 7) is 0.349. The predicted molar refractivity (Wildman–Crippen MR) is 93.9 cm³/mol. The van der Waals surface area contributed by atoms with Crippen molar-refractivity contribution >= 4 is 27.3 Å². The summed E-state index contributed by atoms with van der Waals surface area (Å²) >= 11 is 0. The first-order chi connectivity index (χ1) is 11.9. The highest BCUT2D eigenvalue weighted by Gasteiger charge is 2.13. The number of carbonyl (C=O) groups is 1. The minimum absolute atomic E-state index is 0.246. The van der Waals surface area contributed by atoms with Crippen LogP contribution in [0.15, 0.2) is 48.7 Å². The van der Waals surface area contributed by atoms with Gasteiger partial charge in [0.25, 0.3) is 5.91 Å². The number of amides is 1. The number of pyridine rings is 1. The highest BCUT2D eigenvalue weighted by atomic mass is 32.2.